The number of aliphatic hydroxyl groups is 1. The van der Waals surface area contributed by atoms with Crippen LogP contribution in [-0.4, -0.2) is 38.0 Å². The van der Waals surface area contributed by atoms with Crippen molar-refractivity contribution in [2.75, 3.05) is 18.9 Å². The van der Waals surface area contributed by atoms with Crippen LogP contribution in [0.15, 0.2) is 29.2 Å². The maximum Gasteiger partial charge on any atom is 0.179 e. The summed E-state index contributed by atoms with van der Waals surface area (Å²) >= 11 is 0. The number of nitrogens with one attached hydrogen (secondary N) is 1. The highest BCUT2D eigenvalue weighted by atomic mass is 32.2. The number of nitrogens with zero attached hydrogens (tertiary/aromatic N) is 1. The van der Waals surface area contributed by atoms with Crippen LogP contribution in [0.5, 0.6) is 0 Å². The molecule has 5 nitrogen and oxygen atoms in total. The lowest BCUT2D eigenvalue weighted by Gasteiger charge is -2.23. The van der Waals surface area contributed by atoms with Crippen LogP contribution in [0.2, 0.25) is 0 Å². The molecule has 2 N–H and O–H groups in total. The predicted molar refractivity (Wildman–Crippen MR) is 72.4 cm³/mol. The molecular formula is C13H18N2O3S. The third-order valence-corrected chi connectivity index (χ3v) is 4.41. The zero-order chi connectivity index (χ0) is 14.5. The number of hydrogen-bond donors (Lipinski definition) is 2. The highest BCUT2D eigenvalue weighted by Crippen LogP contribution is 2.13. The monoisotopic (exact) mass is 282 g/mol. The van der Waals surface area contributed by atoms with Gasteiger partial charge in [0.25, 0.3) is 0 Å². The van der Waals surface area contributed by atoms with Gasteiger partial charge >= 0.3 is 0 Å². The first kappa shape index (κ1) is 15.6. The van der Waals surface area contributed by atoms with Crippen molar-refractivity contribution < 1.29 is 13.5 Å². The van der Waals surface area contributed by atoms with Gasteiger partial charge in [-0.25, -0.2) is 8.42 Å². The van der Waals surface area contributed by atoms with E-state index in [1.54, 1.807) is 26.0 Å². The van der Waals surface area contributed by atoms with Crippen LogP contribution in [0.25, 0.3) is 0 Å². The lowest BCUT2D eigenvalue weighted by molar-refractivity contribution is 0.191. The van der Waals surface area contributed by atoms with Crippen molar-refractivity contribution in [1.29, 1.82) is 5.26 Å². The second-order valence-corrected chi connectivity index (χ2v) is 7.04. The van der Waals surface area contributed by atoms with Crippen LogP contribution >= 0.6 is 0 Å². The molecule has 0 bridgehead atoms. The molecule has 104 valence electrons. The van der Waals surface area contributed by atoms with Crippen LogP contribution in [-0.2, 0) is 9.84 Å². The second kappa shape index (κ2) is 6.15. The Morgan fingerprint density at radius 2 is 2.11 bits per heavy atom. The number of hydrogen-bond acceptors (Lipinski definition) is 5. The van der Waals surface area contributed by atoms with Crippen LogP contribution in [0.4, 0.5) is 0 Å². The number of benzene rings is 1. The van der Waals surface area contributed by atoms with Crippen LogP contribution in [0.3, 0.4) is 0 Å². The minimum atomic E-state index is -3.42. The smallest absolute Gasteiger partial charge is 0.179 e. The molecule has 0 unspecified atom stereocenters. The maximum atomic E-state index is 12.1. The molecule has 6 heteroatoms. The van der Waals surface area contributed by atoms with E-state index in [4.69, 9.17) is 10.4 Å². The fourth-order valence-electron chi connectivity index (χ4n) is 1.46. The van der Waals surface area contributed by atoms with E-state index in [0.717, 1.165) is 0 Å². The number of nitriles is 1. The van der Waals surface area contributed by atoms with Crippen molar-refractivity contribution >= 4 is 9.84 Å². The molecule has 0 fully saturated rings. The fourth-order valence-corrected chi connectivity index (χ4v) is 2.66. The van der Waals surface area contributed by atoms with Crippen LogP contribution in [0, 0.1) is 11.3 Å². The predicted octanol–water partition coefficient (Wildman–Crippen LogP) is 0.692. The van der Waals surface area contributed by atoms with Crippen molar-refractivity contribution in [2.24, 2.45) is 0 Å². The molecular weight excluding hydrogens is 264 g/mol. The summed E-state index contributed by atoms with van der Waals surface area (Å²) in [6, 6.07) is 7.88. The molecule has 1 rings (SSSR count). The highest BCUT2D eigenvalue weighted by Gasteiger charge is 2.19. The third kappa shape index (κ3) is 4.63. The molecule has 0 saturated carbocycles. The lowest BCUT2D eigenvalue weighted by Crippen LogP contribution is -2.44. The Labute approximate surface area is 113 Å². The summed E-state index contributed by atoms with van der Waals surface area (Å²) in [6.07, 6.45) is 0. The van der Waals surface area contributed by atoms with Gasteiger partial charge in [-0.05, 0) is 32.0 Å². The van der Waals surface area contributed by atoms with Gasteiger partial charge in [0.2, 0.25) is 0 Å². The van der Waals surface area contributed by atoms with Crippen molar-refractivity contribution in [2.45, 2.75) is 24.3 Å². The normalized spacial score (nSPS) is 12.1. The first-order chi connectivity index (χ1) is 8.80. The summed E-state index contributed by atoms with van der Waals surface area (Å²) in [5.74, 6) is -0.0781. The molecule has 0 aliphatic carbocycles. The molecule has 1 aromatic carbocycles. The first-order valence-electron chi connectivity index (χ1n) is 5.89. The lowest BCUT2D eigenvalue weighted by atomic mass is 10.1. The van der Waals surface area contributed by atoms with Gasteiger partial charge in [-0.2, -0.15) is 5.26 Å². The zero-order valence-electron chi connectivity index (χ0n) is 11.0. The molecule has 0 spiro atoms. The van der Waals surface area contributed by atoms with Crippen LogP contribution in [0.1, 0.15) is 19.4 Å². The third-order valence-electron chi connectivity index (χ3n) is 2.69. The van der Waals surface area contributed by atoms with Crippen molar-refractivity contribution in [3.63, 3.8) is 0 Å². The van der Waals surface area contributed by atoms with Gasteiger partial charge in [-0.3, -0.25) is 0 Å². The average Bonchev–Trinajstić information content (AvgIpc) is 2.38. The Morgan fingerprint density at radius 3 is 2.68 bits per heavy atom. The Bertz CT molecular complexity index is 574. The number of sulfone groups is 1. The van der Waals surface area contributed by atoms with E-state index in [1.807, 2.05) is 6.07 Å². The highest BCUT2D eigenvalue weighted by molar-refractivity contribution is 7.91. The van der Waals surface area contributed by atoms with E-state index in [2.05, 4.69) is 5.32 Å². The molecule has 0 heterocycles. The SMILES string of the molecule is CC(C)(CO)NCCS(=O)(=O)c1cccc(C#N)c1. The van der Waals surface area contributed by atoms with Crippen LogP contribution < -0.4 is 5.32 Å². The summed E-state index contributed by atoms with van der Waals surface area (Å²) in [5, 5.41) is 20.8. The van der Waals surface area contributed by atoms with Crippen molar-refractivity contribution in [3.8, 4) is 6.07 Å². The molecule has 0 radical (unpaired) electrons. The van der Waals surface area contributed by atoms with Gasteiger partial charge in [-0.15, -0.1) is 0 Å². The molecule has 0 atom stereocenters. The summed E-state index contributed by atoms with van der Waals surface area (Å²) < 4.78 is 24.1. The molecule has 0 amide bonds. The molecule has 0 aromatic heterocycles. The number of rotatable bonds is 6. The van der Waals surface area contributed by atoms with Gasteiger partial charge < -0.3 is 10.4 Å². The Morgan fingerprint density at radius 1 is 1.42 bits per heavy atom. The van der Waals surface area contributed by atoms with Gasteiger partial charge in [0.1, 0.15) is 0 Å². The fraction of sp³-hybridized carbons (Fsp3) is 0.462. The molecule has 0 aliphatic heterocycles. The maximum absolute atomic E-state index is 12.1. The average molecular weight is 282 g/mol. The van der Waals surface area contributed by atoms with E-state index in [9.17, 15) is 8.42 Å². The van der Waals surface area contributed by atoms with Gasteiger partial charge in [0.15, 0.2) is 9.84 Å². The Balaban J connectivity index is 2.74. The Hall–Kier alpha value is -1.42. The van der Waals surface area contributed by atoms with Gasteiger partial charge in [0.05, 0.1) is 28.9 Å². The molecule has 1 aromatic rings. The summed E-state index contributed by atoms with van der Waals surface area (Å²) in [4.78, 5) is 0.148. The second-order valence-electron chi connectivity index (χ2n) is 4.93. The standard InChI is InChI=1S/C13H18N2O3S/c1-13(2,10-16)15-6-7-19(17,18)12-5-3-4-11(8-12)9-14/h3-5,8,15-16H,6-7,10H2,1-2H3. The largest absolute Gasteiger partial charge is 0.394 e. The first-order valence-corrected chi connectivity index (χ1v) is 7.55. The summed E-state index contributed by atoms with van der Waals surface area (Å²) in [6.45, 7) is 3.75. The van der Waals surface area contributed by atoms with Gasteiger partial charge in [-0.1, -0.05) is 6.07 Å². The minimum absolute atomic E-state index is 0.0725. The zero-order valence-corrected chi connectivity index (χ0v) is 11.9. The van der Waals surface area contributed by atoms with E-state index in [1.165, 1.54) is 12.1 Å². The van der Waals surface area contributed by atoms with Crippen molar-refractivity contribution in [3.05, 3.63) is 29.8 Å². The quantitative estimate of drug-likeness (QED) is 0.801. The van der Waals surface area contributed by atoms with E-state index < -0.39 is 15.4 Å². The van der Waals surface area contributed by atoms with E-state index in [0.29, 0.717) is 5.56 Å². The molecule has 0 saturated heterocycles. The van der Waals surface area contributed by atoms with E-state index >= 15 is 0 Å². The topological polar surface area (TPSA) is 90.2 Å². The minimum Gasteiger partial charge on any atom is -0.394 e. The van der Waals surface area contributed by atoms with Gasteiger partial charge in [0, 0.05) is 12.1 Å². The summed E-state index contributed by atoms with van der Waals surface area (Å²) in [7, 11) is -3.42. The molecule has 0 aliphatic rings. The van der Waals surface area contributed by atoms with Crippen molar-refractivity contribution in [1.82, 2.24) is 5.32 Å². The number of aliphatic hydroxyl groups excluding tert-OH is 1. The Kier molecular flexibility index (Phi) is 5.06. The van der Waals surface area contributed by atoms with E-state index in [-0.39, 0.29) is 23.8 Å². The summed E-state index contributed by atoms with van der Waals surface area (Å²) in [5.41, 5.74) is -0.186. The molecule has 19 heavy (non-hydrogen) atoms.